The van der Waals surface area contributed by atoms with Gasteiger partial charge >= 0.3 is 5.69 Å². The first-order chi connectivity index (χ1) is 15.8. The third-order valence-corrected chi connectivity index (χ3v) is 6.73. The lowest BCUT2D eigenvalue weighted by Crippen LogP contribution is -2.44. The second-order valence-electron chi connectivity index (χ2n) is 9.02. The van der Waals surface area contributed by atoms with Crippen molar-refractivity contribution in [2.24, 2.45) is 7.05 Å². The number of benzene rings is 1. The Morgan fingerprint density at radius 1 is 0.939 bits per heavy atom. The summed E-state index contributed by atoms with van der Waals surface area (Å²) < 4.78 is 12.2. The summed E-state index contributed by atoms with van der Waals surface area (Å²) >= 11 is 0. The number of hydrogen-bond donors (Lipinski definition) is 0. The van der Waals surface area contributed by atoms with Crippen LogP contribution in [0.3, 0.4) is 0 Å². The normalized spacial score (nSPS) is 15.2. The van der Waals surface area contributed by atoms with Crippen LogP contribution in [0, 0.1) is 27.7 Å². The van der Waals surface area contributed by atoms with Gasteiger partial charge in [-0.2, -0.15) is 4.98 Å². The Morgan fingerprint density at radius 3 is 2.27 bits per heavy atom. The number of ether oxygens (including phenoxy) is 1. The predicted octanol–water partition coefficient (Wildman–Crippen LogP) is 1.70. The van der Waals surface area contributed by atoms with Gasteiger partial charge in [0.05, 0.1) is 13.2 Å². The molecule has 0 bridgehead atoms. The van der Waals surface area contributed by atoms with Crippen molar-refractivity contribution in [2.75, 3.05) is 32.8 Å². The standard InChI is InChI=1S/C24H30N6O3/c1-15-12-16(2)14-19(13-15)29-17(3)18(4)30-20-21(25-23(29)30)26(5)24(32)28(22(20)31)7-6-27-8-10-33-11-9-27/h12-14H,6-11H2,1-5H3. The highest BCUT2D eigenvalue weighted by Gasteiger charge is 2.23. The summed E-state index contributed by atoms with van der Waals surface area (Å²) in [6, 6.07) is 6.35. The number of aromatic nitrogens is 5. The molecular weight excluding hydrogens is 420 g/mol. The van der Waals surface area contributed by atoms with Gasteiger partial charge in [-0.15, -0.1) is 0 Å². The van der Waals surface area contributed by atoms with Gasteiger partial charge in [0.1, 0.15) is 0 Å². The van der Waals surface area contributed by atoms with Crippen molar-refractivity contribution in [1.29, 1.82) is 0 Å². The van der Waals surface area contributed by atoms with E-state index in [9.17, 15) is 9.59 Å². The first-order valence-corrected chi connectivity index (χ1v) is 11.4. The van der Waals surface area contributed by atoms with Crippen LogP contribution in [0.5, 0.6) is 0 Å². The molecule has 1 fully saturated rings. The lowest BCUT2D eigenvalue weighted by Gasteiger charge is -2.26. The van der Waals surface area contributed by atoms with Gasteiger partial charge in [0, 0.05) is 50.3 Å². The fourth-order valence-corrected chi connectivity index (χ4v) is 4.90. The molecule has 0 spiro atoms. The zero-order valence-corrected chi connectivity index (χ0v) is 19.9. The van der Waals surface area contributed by atoms with E-state index >= 15 is 0 Å². The lowest BCUT2D eigenvalue weighted by molar-refractivity contribution is 0.0361. The van der Waals surface area contributed by atoms with Crippen molar-refractivity contribution in [2.45, 2.75) is 34.2 Å². The molecule has 4 heterocycles. The second kappa shape index (κ2) is 8.00. The average molecular weight is 451 g/mol. The first-order valence-electron chi connectivity index (χ1n) is 11.4. The minimum atomic E-state index is -0.339. The first kappa shape index (κ1) is 21.7. The fourth-order valence-electron chi connectivity index (χ4n) is 4.90. The number of morpholine rings is 1. The van der Waals surface area contributed by atoms with Crippen molar-refractivity contribution >= 4 is 16.9 Å². The maximum atomic E-state index is 13.6. The molecule has 0 radical (unpaired) electrons. The van der Waals surface area contributed by atoms with Crippen LogP contribution in [-0.4, -0.2) is 60.8 Å². The Hall–Kier alpha value is -3.17. The SMILES string of the molecule is Cc1cc(C)cc(-n2c(C)c(C)n3c4c(=O)n(CCN5CCOCC5)c(=O)n(C)c4nc23)c1. The van der Waals surface area contributed by atoms with Crippen molar-refractivity contribution in [3.63, 3.8) is 0 Å². The number of aryl methyl sites for hydroxylation is 4. The Morgan fingerprint density at radius 2 is 1.61 bits per heavy atom. The van der Waals surface area contributed by atoms with E-state index in [0.717, 1.165) is 41.3 Å². The molecule has 1 aromatic carbocycles. The maximum absolute atomic E-state index is 13.6. The second-order valence-corrected chi connectivity index (χ2v) is 9.02. The van der Waals surface area contributed by atoms with E-state index in [4.69, 9.17) is 9.72 Å². The molecule has 4 aromatic rings. The largest absolute Gasteiger partial charge is 0.379 e. The van der Waals surface area contributed by atoms with Gasteiger partial charge in [0.15, 0.2) is 11.2 Å². The van der Waals surface area contributed by atoms with E-state index in [-0.39, 0.29) is 11.2 Å². The third-order valence-electron chi connectivity index (χ3n) is 6.73. The van der Waals surface area contributed by atoms with Crippen LogP contribution in [0.2, 0.25) is 0 Å². The molecule has 0 aliphatic carbocycles. The van der Waals surface area contributed by atoms with Crippen LogP contribution in [0.15, 0.2) is 27.8 Å². The summed E-state index contributed by atoms with van der Waals surface area (Å²) in [5.74, 6) is 0.642. The molecule has 5 rings (SSSR count). The third kappa shape index (κ3) is 3.43. The predicted molar refractivity (Wildman–Crippen MR) is 128 cm³/mol. The summed E-state index contributed by atoms with van der Waals surface area (Å²) in [6.45, 7) is 12.1. The molecule has 33 heavy (non-hydrogen) atoms. The highest BCUT2D eigenvalue weighted by molar-refractivity contribution is 5.77. The number of imidazole rings is 2. The number of hydrogen-bond acceptors (Lipinski definition) is 5. The van der Waals surface area contributed by atoms with E-state index in [1.54, 1.807) is 7.05 Å². The molecule has 3 aromatic heterocycles. The molecule has 174 valence electrons. The van der Waals surface area contributed by atoms with E-state index in [2.05, 4.69) is 41.5 Å². The van der Waals surface area contributed by atoms with Gasteiger partial charge < -0.3 is 4.74 Å². The number of fused-ring (bicyclic) bond motifs is 3. The van der Waals surface area contributed by atoms with Crippen molar-refractivity contribution in [3.8, 4) is 5.69 Å². The molecule has 1 saturated heterocycles. The maximum Gasteiger partial charge on any atom is 0.332 e. The van der Waals surface area contributed by atoms with E-state index in [1.807, 2.05) is 18.2 Å². The van der Waals surface area contributed by atoms with Gasteiger partial charge in [-0.1, -0.05) is 6.07 Å². The van der Waals surface area contributed by atoms with Gasteiger partial charge in [-0.3, -0.25) is 27.8 Å². The molecule has 0 saturated carbocycles. The smallest absolute Gasteiger partial charge is 0.332 e. The Bertz CT molecular complexity index is 1480. The summed E-state index contributed by atoms with van der Waals surface area (Å²) in [7, 11) is 1.69. The minimum absolute atomic E-state index is 0.297. The molecule has 1 aliphatic heterocycles. The molecule has 9 nitrogen and oxygen atoms in total. The van der Waals surface area contributed by atoms with Crippen LogP contribution >= 0.6 is 0 Å². The highest BCUT2D eigenvalue weighted by Crippen LogP contribution is 2.25. The molecule has 9 heteroatoms. The summed E-state index contributed by atoms with van der Waals surface area (Å²) in [4.78, 5) is 33.7. The summed E-state index contributed by atoms with van der Waals surface area (Å²) in [5, 5.41) is 0. The Kier molecular flexibility index (Phi) is 5.25. The van der Waals surface area contributed by atoms with Gasteiger partial charge in [0.2, 0.25) is 5.78 Å². The lowest BCUT2D eigenvalue weighted by atomic mass is 10.1. The van der Waals surface area contributed by atoms with Crippen LogP contribution < -0.4 is 11.2 Å². The number of rotatable bonds is 4. The molecule has 0 unspecified atom stereocenters. The monoisotopic (exact) mass is 450 g/mol. The van der Waals surface area contributed by atoms with Crippen LogP contribution in [0.1, 0.15) is 22.5 Å². The number of nitrogens with zero attached hydrogens (tertiary/aromatic N) is 6. The average Bonchev–Trinajstić information content (AvgIpc) is 3.27. The van der Waals surface area contributed by atoms with Crippen LogP contribution in [0.25, 0.3) is 22.6 Å². The Labute approximate surface area is 191 Å². The van der Waals surface area contributed by atoms with E-state index in [1.165, 1.54) is 9.13 Å². The summed E-state index contributed by atoms with van der Waals surface area (Å²) in [6.07, 6.45) is 0. The topological polar surface area (TPSA) is 78.7 Å². The van der Waals surface area contributed by atoms with Crippen LogP contribution in [0.4, 0.5) is 0 Å². The van der Waals surface area contributed by atoms with Crippen LogP contribution in [-0.2, 0) is 18.3 Å². The quantitative estimate of drug-likeness (QED) is 0.473. The van der Waals surface area contributed by atoms with Crippen molar-refractivity contribution in [3.05, 3.63) is 61.6 Å². The highest BCUT2D eigenvalue weighted by atomic mass is 16.5. The molecule has 0 atom stereocenters. The zero-order valence-electron chi connectivity index (χ0n) is 19.9. The molecule has 0 N–H and O–H groups in total. The minimum Gasteiger partial charge on any atom is -0.379 e. The van der Waals surface area contributed by atoms with Crippen molar-refractivity contribution in [1.82, 2.24) is 28.0 Å². The molecule has 0 amide bonds. The summed E-state index contributed by atoms with van der Waals surface area (Å²) in [5.41, 5.74) is 5.46. The van der Waals surface area contributed by atoms with Gasteiger partial charge in [0.25, 0.3) is 5.56 Å². The van der Waals surface area contributed by atoms with Crippen molar-refractivity contribution < 1.29 is 4.74 Å². The zero-order chi connectivity index (χ0) is 23.4. The van der Waals surface area contributed by atoms with Gasteiger partial charge in [-0.25, -0.2) is 4.79 Å². The molecule has 1 aliphatic rings. The van der Waals surface area contributed by atoms with E-state index < -0.39 is 0 Å². The van der Waals surface area contributed by atoms with Gasteiger partial charge in [-0.05, 0) is 51.0 Å². The molecular formula is C24H30N6O3. The Balaban J connectivity index is 1.72. The van der Waals surface area contributed by atoms with E-state index in [0.29, 0.717) is 43.2 Å². The fraction of sp³-hybridized carbons (Fsp3) is 0.458.